The molecule has 0 aliphatic heterocycles. The number of carbonyl (C=O) groups is 1. The summed E-state index contributed by atoms with van der Waals surface area (Å²) >= 11 is 0. The van der Waals surface area contributed by atoms with Gasteiger partial charge in [-0.3, -0.25) is 0 Å². The molecule has 0 amide bonds. The smallest absolute Gasteiger partial charge is 0.358 e. The van der Waals surface area contributed by atoms with Gasteiger partial charge in [0.25, 0.3) is 0 Å². The Hall–Kier alpha value is -1.65. The number of nitrogens with one attached hydrogen (secondary N) is 1. The molecule has 0 unspecified atom stereocenters. The fraction of sp³-hybridized carbons (Fsp3) is 0.545. The van der Waals surface area contributed by atoms with Crippen LogP contribution in [0, 0.1) is 5.92 Å². The maximum absolute atomic E-state index is 10.8. The van der Waals surface area contributed by atoms with E-state index in [9.17, 15) is 4.79 Å². The van der Waals surface area contributed by atoms with Crippen LogP contribution in [-0.2, 0) is 0 Å². The lowest BCUT2D eigenvalue weighted by Crippen LogP contribution is -2.11. The van der Waals surface area contributed by atoms with Gasteiger partial charge in [-0.1, -0.05) is 13.8 Å². The molecule has 0 spiro atoms. The molecule has 1 heterocycles. The van der Waals surface area contributed by atoms with Crippen LogP contribution in [0.2, 0.25) is 0 Å². The van der Waals surface area contributed by atoms with Gasteiger partial charge >= 0.3 is 5.97 Å². The highest BCUT2D eigenvalue weighted by atomic mass is 16.4. The van der Waals surface area contributed by atoms with Crippen LogP contribution in [0.4, 0.5) is 5.82 Å². The molecular weight excluding hydrogens is 206 g/mol. The van der Waals surface area contributed by atoms with Crippen molar-refractivity contribution in [2.45, 2.75) is 26.7 Å². The number of anilines is 1. The molecule has 0 fully saturated rings. The summed E-state index contributed by atoms with van der Waals surface area (Å²) in [5.41, 5.74) is -0.0213. The molecule has 0 radical (unpaired) electrons. The minimum Gasteiger partial charge on any atom is -0.476 e. The Balaban J connectivity index is 2.50. The molecule has 5 heteroatoms. The number of rotatable bonds is 6. The highest BCUT2D eigenvalue weighted by Crippen LogP contribution is 2.09. The van der Waals surface area contributed by atoms with Crippen molar-refractivity contribution in [3.8, 4) is 0 Å². The zero-order valence-electron chi connectivity index (χ0n) is 9.60. The van der Waals surface area contributed by atoms with Crippen LogP contribution in [0.1, 0.15) is 37.2 Å². The number of carboxylic acids is 1. The van der Waals surface area contributed by atoms with E-state index in [2.05, 4.69) is 29.1 Å². The summed E-state index contributed by atoms with van der Waals surface area (Å²) in [4.78, 5) is 18.5. The first-order valence-electron chi connectivity index (χ1n) is 5.39. The van der Waals surface area contributed by atoms with Gasteiger partial charge in [-0.15, -0.1) is 0 Å². The summed E-state index contributed by atoms with van der Waals surface area (Å²) in [7, 11) is 0. The number of carboxylic acid groups (broad SMARTS) is 1. The maximum Gasteiger partial charge on any atom is 0.358 e. The van der Waals surface area contributed by atoms with Gasteiger partial charge in [0.05, 0.1) is 0 Å². The van der Waals surface area contributed by atoms with Crippen molar-refractivity contribution in [1.29, 1.82) is 0 Å². The summed E-state index contributed by atoms with van der Waals surface area (Å²) in [6.45, 7) is 5.03. The van der Waals surface area contributed by atoms with Crippen LogP contribution in [0.25, 0.3) is 0 Å². The molecule has 0 bridgehead atoms. The number of hydrogen-bond donors (Lipinski definition) is 2. The van der Waals surface area contributed by atoms with Crippen molar-refractivity contribution < 1.29 is 9.90 Å². The normalized spacial score (nSPS) is 10.4. The molecule has 0 aliphatic rings. The predicted octanol–water partition coefficient (Wildman–Crippen LogP) is 2.02. The molecule has 5 nitrogen and oxygen atoms in total. The first kappa shape index (κ1) is 12.4. The van der Waals surface area contributed by atoms with E-state index < -0.39 is 5.97 Å². The fourth-order valence-electron chi connectivity index (χ4n) is 1.34. The Bertz CT molecular complexity index is 353. The lowest BCUT2D eigenvalue weighted by Gasteiger charge is -2.08. The number of hydrogen-bond acceptors (Lipinski definition) is 4. The van der Waals surface area contributed by atoms with Crippen LogP contribution in [-0.4, -0.2) is 27.6 Å². The second kappa shape index (κ2) is 6.05. The van der Waals surface area contributed by atoms with E-state index in [1.54, 1.807) is 0 Å². The Morgan fingerprint density at radius 3 is 2.75 bits per heavy atom. The van der Waals surface area contributed by atoms with E-state index in [1.807, 2.05) is 0 Å². The molecular formula is C11H17N3O2. The lowest BCUT2D eigenvalue weighted by atomic mass is 10.1. The first-order chi connectivity index (χ1) is 7.61. The van der Waals surface area contributed by atoms with Gasteiger partial charge in [-0.05, 0) is 18.8 Å². The van der Waals surface area contributed by atoms with Crippen molar-refractivity contribution in [3.05, 3.63) is 18.1 Å². The lowest BCUT2D eigenvalue weighted by molar-refractivity contribution is 0.0691. The maximum atomic E-state index is 10.8. The summed E-state index contributed by atoms with van der Waals surface area (Å²) in [5, 5.41) is 11.9. The molecule has 1 aromatic rings. The molecule has 0 aromatic carbocycles. The summed E-state index contributed by atoms with van der Waals surface area (Å²) < 4.78 is 0. The van der Waals surface area contributed by atoms with E-state index >= 15 is 0 Å². The Kier molecular flexibility index (Phi) is 4.69. The van der Waals surface area contributed by atoms with Crippen LogP contribution in [0.15, 0.2) is 12.4 Å². The van der Waals surface area contributed by atoms with Crippen molar-refractivity contribution in [2.75, 3.05) is 11.9 Å². The van der Waals surface area contributed by atoms with Gasteiger partial charge < -0.3 is 10.4 Å². The van der Waals surface area contributed by atoms with Crippen molar-refractivity contribution in [1.82, 2.24) is 9.97 Å². The summed E-state index contributed by atoms with van der Waals surface area (Å²) in [6, 6.07) is 0. The second-order valence-corrected chi connectivity index (χ2v) is 4.02. The number of nitrogens with zero attached hydrogens (tertiary/aromatic N) is 2. The van der Waals surface area contributed by atoms with Crippen molar-refractivity contribution in [3.63, 3.8) is 0 Å². The average Bonchev–Trinajstić information content (AvgIpc) is 2.24. The molecule has 0 saturated heterocycles. The molecule has 1 aromatic heterocycles. The van der Waals surface area contributed by atoms with Gasteiger partial charge in [-0.2, -0.15) is 0 Å². The Morgan fingerprint density at radius 1 is 1.44 bits per heavy atom. The number of aromatic nitrogens is 2. The summed E-state index contributed by atoms with van der Waals surface area (Å²) in [6.07, 6.45) is 4.96. The Morgan fingerprint density at radius 2 is 2.12 bits per heavy atom. The molecule has 16 heavy (non-hydrogen) atoms. The zero-order chi connectivity index (χ0) is 12.0. The fourth-order valence-corrected chi connectivity index (χ4v) is 1.34. The highest BCUT2D eigenvalue weighted by molar-refractivity contribution is 5.90. The third-order valence-electron chi connectivity index (χ3n) is 2.15. The summed E-state index contributed by atoms with van der Waals surface area (Å²) in [5.74, 6) is -0.0548. The number of aromatic carboxylic acids is 1. The van der Waals surface area contributed by atoms with Crippen LogP contribution in [0.5, 0.6) is 0 Å². The van der Waals surface area contributed by atoms with Gasteiger partial charge in [0.2, 0.25) is 0 Å². The SMILES string of the molecule is CC(C)CCCNc1nccnc1C(=O)O. The van der Waals surface area contributed by atoms with E-state index in [1.165, 1.54) is 12.4 Å². The van der Waals surface area contributed by atoms with Crippen molar-refractivity contribution >= 4 is 11.8 Å². The van der Waals surface area contributed by atoms with Crippen LogP contribution < -0.4 is 5.32 Å². The molecule has 1 rings (SSSR count). The van der Waals surface area contributed by atoms with Gasteiger partial charge in [0.1, 0.15) is 0 Å². The second-order valence-electron chi connectivity index (χ2n) is 4.02. The third-order valence-corrected chi connectivity index (χ3v) is 2.15. The Labute approximate surface area is 94.9 Å². The zero-order valence-corrected chi connectivity index (χ0v) is 9.60. The molecule has 0 aliphatic carbocycles. The standard InChI is InChI=1S/C11H17N3O2/c1-8(2)4-3-5-13-10-9(11(15)16)12-6-7-14-10/h6-8H,3-5H2,1-2H3,(H,13,14)(H,15,16). The third kappa shape index (κ3) is 3.84. The topological polar surface area (TPSA) is 75.1 Å². The molecule has 0 atom stereocenters. The van der Waals surface area contributed by atoms with Gasteiger partial charge in [-0.25, -0.2) is 14.8 Å². The van der Waals surface area contributed by atoms with Crippen molar-refractivity contribution in [2.24, 2.45) is 5.92 Å². The minimum atomic E-state index is -1.06. The predicted molar refractivity (Wildman–Crippen MR) is 61.6 cm³/mol. The largest absolute Gasteiger partial charge is 0.476 e. The van der Waals surface area contributed by atoms with Crippen LogP contribution >= 0.6 is 0 Å². The molecule has 0 saturated carbocycles. The quantitative estimate of drug-likeness (QED) is 0.722. The average molecular weight is 223 g/mol. The van der Waals surface area contributed by atoms with E-state index in [0.717, 1.165) is 19.4 Å². The molecule has 2 N–H and O–H groups in total. The van der Waals surface area contributed by atoms with Gasteiger partial charge in [0.15, 0.2) is 11.5 Å². The highest BCUT2D eigenvalue weighted by Gasteiger charge is 2.11. The minimum absolute atomic E-state index is 0.0213. The van der Waals surface area contributed by atoms with E-state index in [0.29, 0.717) is 11.7 Å². The van der Waals surface area contributed by atoms with E-state index in [-0.39, 0.29) is 5.69 Å². The molecule has 88 valence electrons. The first-order valence-corrected chi connectivity index (χ1v) is 5.39. The monoisotopic (exact) mass is 223 g/mol. The van der Waals surface area contributed by atoms with Gasteiger partial charge in [0, 0.05) is 18.9 Å². The van der Waals surface area contributed by atoms with E-state index in [4.69, 9.17) is 5.11 Å². The van der Waals surface area contributed by atoms with Crippen LogP contribution in [0.3, 0.4) is 0 Å².